The summed E-state index contributed by atoms with van der Waals surface area (Å²) in [6.45, 7) is 6.54. The molecular weight excluding hydrogens is 192 g/mol. The Morgan fingerprint density at radius 2 is 2.27 bits per heavy atom. The second-order valence-corrected chi connectivity index (χ2v) is 5.15. The second kappa shape index (κ2) is 6.46. The van der Waals surface area contributed by atoms with Crippen molar-refractivity contribution in [1.82, 2.24) is 0 Å². The molecule has 90 valence electrons. The molecule has 0 aromatic rings. The van der Waals surface area contributed by atoms with Gasteiger partial charge in [0.05, 0.1) is 19.3 Å². The van der Waals surface area contributed by atoms with E-state index >= 15 is 0 Å². The quantitative estimate of drug-likeness (QED) is 0.661. The first-order valence-corrected chi connectivity index (χ1v) is 5.94. The molecular formula is C12H24O3. The van der Waals surface area contributed by atoms with Crippen molar-refractivity contribution in [3.8, 4) is 0 Å². The SMILES string of the molecule is CC(C)(CO)COCCCC1CCCO1. The van der Waals surface area contributed by atoms with Crippen molar-refractivity contribution in [2.75, 3.05) is 26.4 Å². The predicted molar refractivity (Wildman–Crippen MR) is 59.9 cm³/mol. The Balaban J connectivity index is 1.92. The van der Waals surface area contributed by atoms with Gasteiger partial charge in [-0.15, -0.1) is 0 Å². The molecule has 1 unspecified atom stereocenters. The minimum atomic E-state index is -0.107. The number of hydrogen-bond donors (Lipinski definition) is 1. The summed E-state index contributed by atoms with van der Waals surface area (Å²) in [5, 5.41) is 9.02. The fraction of sp³-hybridized carbons (Fsp3) is 1.00. The minimum absolute atomic E-state index is 0.107. The number of hydrogen-bond acceptors (Lipinski definition) is 3. The molecule has 0 aromatic heterocycles. The van der Waals surface area contributed by atoms with Gasteiger partial charge in [-0.1, -0.05) is 13.8 Å². The number of aliphatic hydroxyl groups excluding tert-OH is 1. The average molecular weight is 216 g/mol. The molecule has 1 rings (SSSR count). The van der Waals surface area contributed by atoms with Crippen LogP contribution in [0.3, 0.4) is 0 Å². The zero-order chi connectivity index (χ0) is 11.1. The Labute approximate surface area is 92.8 Å². The molecule has 1 atom stereocenters. The Morgan fingerprint density at radius 1 is 1.47 bits per heavy atom. The molecule has 0 aliphatic carbocycles. The Hall–Kier alpha value is -0.120. The van der Waals surface area contributed by atoms with Crippen LogP contribution in [-0.4, -0.2) is 37.6 Å². The maximum Gasteiger partial charge on any atom is 0.0576 e. The predicted octanol–water partition coefficient (Wildman–Crippen LogP) is 1.98. The van der Waals surface area contributed by atoms with Gasteiger partial charge in [-0.2, -0.15) is 0 Å². The monoisotopic (exact) mass is 216 g/mol. The molecule has 1 heterocycles. The van der Waals surface area contributed by atoms with Crippen LogP contribution < -0.4 is 0 Å². The van der Waals surface area contributed by atoms with E-state index in [0.717, 1.165) is 26.1 Å². The highest BCUT2D eigenvalue weighted by atomic mass is 16.5. The lowest BCUT2D eigenvalue weighted by Crippen LogP contribution is -2.24. The van der Waals surface area contributed by atoms with Gasteiger partial charge in [-0.3, -0.25) is 0 Å². The van der Waals surface area contributed by atoms with Gasteiger partial charge < -0.3 is 14.6 Å². The van der Waals surface area contributed by atoms with E-state index in [1.807, 2.05) is 13.8 Å². The van der Waals surface area contributed by atoms with E-state index in [0.29, 0.717) is 12.7 Å². The first-order chi connectivity index (χ1) is 7.14. The molecule has 0 radical (unpaired) electrons. The smallest absolute Gasteiger partial charge is 0.0576 e. The average Bonchev–Trinajstić information content (AvgIpc) is 2.70. The summed E-state index contributed by atoms with van der Waals surface area (Å²) in [6.07, 6.45) is 5.07. The minimum Gasteiger partial charge on any atom is -0.396 e. The van der Waals surface area contributed by atoms with Crippen LogP contribution in [0, 0.1) is 5.41 Å². The van der Waals surface area contributed by atoms with Crippen LogP contribution >= 0.6 is 0 Å². The first kappa shape index (κ1) is 12.9. The fourth-order valence-corrected chi connectivity index (χ4v) is 1.68. The lowest BCUT2D eigenvalue weighted by atomic mass is 9.97. The van der Waals surface area contributed by atoms with Gasteiger partial charge in [0.15, 0.2) is 0 Å². The summed E-state index contributed by atoms with van der Waals surface area (Å²) in [5.74, 6) is 0. The molecule has 3 nitrogen and oxygen atoms in total. The van der Waals surface area contributed by atoms with Crippen LogP contribution in [0.2, 0.25) is 0 Å². The summed E-state index contributed by atoms with van der Waals surface area (Å²) in [4.78, 5) is 0. The molecule has 3 heteroatoms. The van der Waals surface area contributed by atoms with Crippen LogP contribution in [0.5, 0.6) is 0 Å². The summed E-state index contributed by atoms with van der Waals surface area (Å²) in [7, 11) is 0. The molecule has 0 bridgehead atoms. The normalized spacial score (nSPS) is 22.2. The Morgan fingerprint density at radius 3 is 2.87 bits per heavy atom. The van der Waals surface area contributed by atoms with E-state index < -0.39 is 0 Å². The summed E-state index contributed by atoms with van der Waals surface area (Å²) >= 11 is 0. The van der Waals surface area contributed by atoms with Crippen molar-refractivity contribution in [3.63, 3.8) is 0 Å². The maximum atomic E-state index is 9.02. The number of aliphatic hydroxyl groups is 1. The molecule has 1 aliphatic heterocycles. The van der Waals surface area contributed by atoms with Crippen molar-refractivity contribution in [2.24, 2.45) is 5.41 Å². The van der Waals surface area contributed by atoms with Crippen molar-refractivity contribution in [3.05, 3.63) is 0 Å². The van der Waals surface area contributed by atoms with E-state index in [-0.39, 0.29) is 12.0 Å². The lowest BCUT2D eigenvalue weighted by Gasteiger charge is -2.21. The highest BCUT2D eigenvalue weighted by molar-refractivity contribution is 4.66. The lowest BCUT2D eigenvalue weighted by molar-refractivity contribution is 0.0209. The highest BCUT2D eigenvalue weighted by Crippen LogP contribution is 2.17. The van der Waals surface area contributed by atoms with E-state index in [1.165, 1.54) is 12.8 Å². The molecule has 1 saturated heterocycles. The molecule has 0 saturated carbocycles. The summed E-state index contributed by atoms with van der Waals surface area (Å²) in [5.41, 5.74) is -0.107. The van der Waals surface area contributed by atoms with Crippen LogP contribution in [-0.2, 0) is 9.47 Å². The largest absolute Gasteiger partial charge is 0.396 e. The molecule has 1 N–H and O–H groups in total. The molecule has 0 amide bonds. The van der Waals surface area contributed by atoms with Gasteiger partial charge >= 0.3 is 0 Å². The first-order valence-electron chi connectivity index (χ1n) is 5.94. The van der Waals surface area contributed by atoms with Crippen molar-refractivity contribution in [2.45, 2.75) is 45.6 Å². The maximum absolute atomic E-state index is 9.02. The third kappa shape index (κ3) is 5.50. The van der Waals surface area contributed by atoms with Crippen molar-refractivity contribution >= 4 is 0 Å². The molecule has 0 aromatic carbocycles. The zero-order valence-electron chi connectivity index (χ0n) is 10.00. The van der Waals surface area contributed by atoms with Gasteiger partial charge in [0, 0.05) is 18.6 Å². The van der Waals surface area contributed by atoms with E-state index in [2.05, 4.69) is 0 Å². The van der Waals surface area contributed by atoms with E-state index in [9.17, 15) is 0 Å². The van der Waals surface area contributed by atoms with Crippen LogP contribution in [0.1, 0.15) is 39.5 Å². The van der Waals surface area contributed by atoms with Gasteiger partial charge in [-0.25, -0.2) is 0 Å². The van der Waals surface area contributed by atoms with Crippen molar-refractivity contribution in [1.29, 1.82) is 0 Å². The van der Waals surface area contributed by atoms with Crippen LogP contribution in [0.4, 0.5) is 0 Å². The second-order valence-electron chi connectivity index (χ2n) is 5.15. The van der Waals surface area contributed by atoms with Gasteiger partial charge in [-0.05, 0) is 25.7 Å². The molecule has 1 fully saturated rings. The number of rotatable bonds is 7. The van der Waals surface area contributed by atoms with Crippen LogP contribution in [0.25, 0.3) is 0 Å². The Kier molecular flexibility index (Phi) is 5.58. The summed E-state index contributed by atoms with van der Waals surface area (Å²) < 4.78 is 11.1. The van der Waals surface area contributed by atoms with E-state index in [1.54, 1.807) is 0 Å². The van der Waals surface area contributed by atoms with Gasteiger partial charge in [0.1, 0.15) is 0 Å². The van der Waals surface area contributed by atoms with Crippen LogP contribution in [0.15, 0.2) is 0 Å². The zero-order valence-corrected chi connectivity index (χ0v) is 10.00. The Bertz CT molecular complexity index is 162. The standard InChI is InChI=1S/C12H24O3/c1-12(2,9-13)10-14-7-3-5-11-6-4-8-15-11/h11,13H,3-10H2,1-2H3. The topological polar surface area (TPSA) is 38.7 Å². The third-order valence-electron chi connectivity index (χ3n) is 2.76. The van der Waals surface area contributed by atoms with Crippen molar-refractivity contribution < 1.29 is 14.6 Å². The number of ether oxygens (including phenoxy) is 2. The molecule has 15 heavy (non-hydrogen) atoms. The van der Waals surface area contributed by atoms with E-state index in [4.69, 9.17) is 14.6 Å². The third-order valence-corrected chi connectivity index (χ3v) is 2.76. The fourth-order valence-electron chi connectivity index (χ4n) is 1.68. The summed E-state index contributed by atoms with van der Waals surface area (Å²) in [6, 6.07) is 0. The highest BCUT2D eigenvalue weighted by Gasteiger charge is 2.17. The van der Waals surface area contributed by atoms with Gasteiger partial charge in [0.2, 0.25) is 0 Å². The molecule has 1 aliphatic rings. The molecule has 0 spiro atoms. The van der Waals surface area contributed by atoms with Gasteiger partial charge in [0.25, 0.3) is 0 Å².